The summed E-state index contributed by atoms with van der Waals surface area (Å²) in [6, 6.07) is 20.0. The fourth-order valence-corrected chi connectivity index (χ4v) is 4.38. The van der Waals surface area contributed by atoms with Crippen LogP contribution in [-0.4, -0.2) is 50.5 Å². The van der Waals surface area contributed by atoms with Crippen molar-refractivity contribution in [1.82, 2.24) is 19.7 Å². The number of ether oxygens (including phenoxy) is 1. The molecule has 2 aromatic heterocycles. The maximum Gasteiger partial charge on any atom is 0.326 e. The topological polar surface area (TPSA) is 90.2 Å². The summed E-state index contributed by atoms with van der Waals surface area (Å²) in [7, 11) is 0. The molecule has 4 aromatic rings. The molecule has 35 heavy (non-hydrogen) atoms. The molecule has 178 valence electrons. The van der Waals surface area contributed by atoms with Gasteiger partial charge in [-0.2, -0.15) is 0 Å². The number of para-hydroxylation sites is 1. The molecule has 0 saturated heterocycles. The van der Waals surface area contributed by atoms with Crippen LogP contribution in [-0.2, 0) is 14.3 Å². The Morgan fingerprint density at radius 2 is 1.80 bits per heavy atom. The largest absolute Gasteiger partial charge is 0.465 e. The lowest BCUT2D eigenvalue weighted by atomic mass is 10.2. The second-order valence-electron chi connectivity index (χ2n) is 7.27. The van der Waals surface area contributed by atoms with Gasteiger partial charge in [0.05, 0.1) is 18.0 Å². The van der Waals surface area contributed by atoms with Crippen LogP contribution < -0.4 is 4.90 Å². The lowest BCUT2D eigenvalue weighted by Crippen LogP contribution is -2.37. The molecular formula is C25H22ClN5O3S. The van der Waals surface area contributed by atoms with E-state index in [9.17, 15) is 9.59 Å². The summed E-state index contributed by atoms with van der Waals surface area (Å²) in [6.07, 6.45) is 3.35. The number of rotatable bonds is 9. The number of benzene rings is 2. The number of nitrogens with zero attached hydrogens (tertiary/aromatic N) is 5. The van der Waals surface area contributed by atoms with Gasteiger partial charge < -0.3 is 9.64 Å². The molecule has 0 saturated carbocycles. The summed E-state index contributed by atoms with van der Waals surface area (Å²) in [5, 5.41) is 9.79. The third-order valence-electron chi connectivity index (χ3n) is 4.92. The van der Waals surface area contributed by atoms with Gasteiger partial charge >= 0.3 is 5.97 Å². The van der Waals surface area contributed by atoms with Gasteiger partial charge in [-0.15, -0.1) is 10.2 Å². The van der Waals surface area contributed by atoms with E-state index in [1.807, 2.05) is 47.0 Å². The van der Waals surface area contributed by atoms with Gasteiger partial charge in [0.25, 0.3) is 0 Å². The van der Waals surface area contributed by atoms with Crippen molar-refractivity contribution in [2.75, 3.05) is 23.8 Å². The Bertz CT molecular complexity index is 1300. The highest BCUT2D eigenvalue weighted by molar-refractivity contribution is 7.99. The van der Waals surface area contributed by atoms with Crippen LogP contribution in [0.4, 0.5) is 5.69 Å². The molecule has 0 aliphatic heterocycles. The molecule has 2 aromatic carbocycles. The van der Waals surface area contributed by atoms with Gasteiger partial charge in [0.1, 0.15) is 6.54 Å². The van der Waals surface area contributed by atoms with Gasteiger partial charge in [-0.05, 0) is 49.4 Å². The second kappa shape index (κ2) is 11.6. The highest BCUT2D eigenvalue weighted by atomic mass is 35.5. The van der Waals surface area contributed by atoms with Crippen LogP contribution in [0, 0.1) is 0 Å². The smallest absolute Gasteiger partial charge is 0.326 e. The van der Waals surface area contributed by atoms with Gasteiger partial charge in [-0.3, -0.25) is 19.1 Å². The normalized spacial score (nSPS) is 10.7. The van der Waals surface area contributed by atoms with Gasteiger partial charge in [0.2, 0.25) is 5.91 Å². The fraction of sp³-hybridized carbons (Fsp3) is 0.160. The summed E-state index contributed by atoms with van der Waals surface area (Å²) < 4.78 is 6.91. The lowest BCUT2D eigenvalue weighted by molar-refractivity contribution is -0.142. The van der Waals surface area contributed by atoms with Crippen molar-refractivity contribution < 1.29 is 14.3 Å². The molecule has 10 heteroatoms. The number of thioether (sulfide) groups is 1. The van der Waals surface area contributed by atoms with Crippen molar-refractivity contribution in [3.8, 4) is 17.1 Å². The van der Waals surface area contributed by atoms with E-state index in [1.54, 1.807) is 43.6 Å². The number of carbonyl (C=O) groups is 2. The number of carbonyl (C=O) groups excluding carboxylic acids is 2. The Morgan fingerprint density at radius 3 is 2.51 bits per heavy atom. The first kappa shape index (κ1) is 24.4. The molecule has 8 nitrogen and oxygen atoms in total. The minimum Gasteiger partial charge on any atom is -0.465 e. The molecule has 0 bridgehead atoms. The molecule has 0 radical (unpaired) electrons. The lowest BCUT2D eigenvalue weighted by Gasteiger charge is -2.21. The first-order chi connectivity index (χ1) is 17.1. The highest BCUT2D eigenvalue weighted by Crippen LogP contribution is 2.29. The number of hydrogen-bond acceptors (Lipinski definition) is 7. The summed E-state index contributed by atoms with van der Waals surface area (Å²) in [4.78, 5) is 30.9. The number of hydrogen-bond donors (Lipinski definition) is 0. The van der Waals surface area contributed by atoms with E-state index in [4.69, 9.17) is 16.3 Å². The first-order valence-electron chi connectivity index (χ1n) is 10.8. The van der Waals surface area contributed by atoms with E-state index >= 15 is 0 Å². The monoisotopic (exact) mass is 507 g/mol. The van der Waals surface area contributed by atoms with Crippen molar-refractivity contribution >= 4 is 40.9 Å². The van der Waals surface area contributed by atoms with Crippen molar-refractivity contribution in [3.05, 3.63) is 84.1 Å². The maximum absolute atomic E-state index is 13.2. The number of aromatic nitrogens is 4. The number of anilines is 1. The standard InChI is InChI=1S/C25H22ClN5O3S/c1-2-34-23(33)16-30(20-8-4-3-5-9-20)22(32)17-35-25-29-28-24(18-11-13-27-14-12-18)31(25)21-10-6-7-19(26)15-21/h3-15H,2,16-17H2,1H3. The Hall–Kier alpha value is -3.69. The summed E-state index contributed by atoms with van der Waals surface area (Å²) in [5.41, 5.74) is 2.19. The molecule has 0 aliphatic rings. The van der Waals surface area contributed by atoms with Gasteiger partial charge in [-0.1, -0.05) is 47.6 Å². The van der Waals surface area contributed by atoms with Gasteiger partial charge in [-0.25, -0.2) is 0 Å². The molecule has 0 N–H and O–H groups in total. The van der Waals surface area contributed by atoms with Crippen molar-refractivity contribution in [2.45, 2.75) is 12.1 Å². The predicted octanol–water partition coefficient (Wildman–Crippen LogP) is 4.67. The zero-order valence-electron chi connectivity index (χ0n) is 18.9. The Kier molecular flexibility index (Phi) is 8.12. The number of esters is 1. The minimum absolute atomic E-state index is 0.0311. The third kappa shape index (κ3) is 6.06. The van der Waals surface area contributed by atoms with E-state index in [2.05, 4.69) is 15.2 Å². The first-order valence-corrected chi connectivity index (χ1v) is 12.2. The molecule has 0 aliphatic carbocycles. The fourth-order valence-electron chi connectivity index (χ4n) is 3.37. The van der Waals surface area contributed by atoms with E-state index in [-0.39, 0.29) is 24.8 Å². The average Bonchev–Trinajstić information content (AvgIpc) is 3.31. The number of halogens is 1. The number of amides is 1. The van der Waals surface area contributed by atoms with Crippen LogP contribution in [0.3, 0.4) is 0 Å². The third-order valence-corrected chi connectivity index (χ3v) is 6.07. The molecular weight excluding hydrogens is 486 g/mol. The van der Waals surface area contributed by atoms with Crippen LogP contribution in [0.5, 0.6) is 0 Å². The van der Waals surface area contributed by atoms with E-state index in [0.29, 0.717) is 21.7 Å². The maximum atomic E-state index is 13.2. The summed E-state index contributed by atoms with van der Waals surface area (Å²) in [5.74, 6) is -0.114. The Balaban J connectivity index is 1.62. The molecule has 4 rings (SSSR count). The van der Waals surface area contributed by atoms with Crippen molar-refractivity contribution in [3.63, 3.8) is 0 Å². The second-order valence-corrected chi connectivity index (χ2v) is 8.65. The molecule has 0 fully saturated rings. The van der Waals surface area contributed by atoms with Crippen molar-refractivity contribution in [2.24, 2.45) is 0 Å². The number of pyridine rings is 1. The van der Waals surface area contributed by atoms with Crippen LogP contribution in [0.25, 0.3) is 17.1 Å². The Morgan fingerprint density at radius 1 is 1.03 bits per heavy atom. The molecule has 2 heterocycles. The summed E-state index contributed by atoms with van der Waals surface area (Å²) >= 11 is 7.47. The minimum atomic E-state index is -0.475. The van der Waals surface area contributed by atoms with E-state index in [1.165, 1.54) is 16.7 Å². The van der Waals surface area contributed by atoms with E-state index in [0.717, 1.165) is 11.3 Å². The molecule has 0 spiro atoms. The quantitative estimate of drug-likeness (QED) is 0.240. The predicted molar refractivity (Wildman–Crippen MR) is 136 cm³/mol. The van der Waals surface area contributed by atoms with E-state index < -0.39 is 5.97 Å². The van der Waals surface area contributed by atoms with Crippen LogP contribution in [0.2, 0.25) is 5.02 Å². The zero-order valence-corrected chi connectivity index (χ0v) is 20.4. The van der Waals surface area contributed by atoms with Gasteiger partial charge in [0.15, 0.2) is 11.0 Å². The van der Waals surface area contributed by atoms with Crippen LogP contribution >= 0.6 is 23.4 Å². The SMILES string of the molecule is CCOC(=O)CN(C(=O)CSc1nnc(-c2ccncc2)n1-c1cccc(Cl)c1)c1ccccc1. The highest BCUT2D eigenvalue weighted by Gasteiger charge is 2.22. The Labute approximate surface area is 211 Å². The van der Waals surface area contributed by atoms with Crippen LogP contribution in [0.15, 0.2) is 84.3 Å². The molecule has 0 unspecified atom stereocenters. The van der Waals surface area contributed by atoms with Gasteiger partial charge in [0, 0.05) is 28.7 Å². The van der Waals surface area contributed by atoms with Crippen LogP contribution in [0.1, 0.15) is 6.92 Å². The molecule has 1 amide bonds. The van der Waals surface area contributed by atoms with Crippen molar-refractivity contribution in [1.29, 1.82) is 0 Å². The zero-order chi connectivity index (χ0) is 24.6. The average molecular weight is 508 g/mol. The molecule has 0 atom stereocenters. The summed E-state index contributed by atoms with van der Waals surface area (Å²) in [6.45, 7) is 1.79.